The number of aromatic nitrogens is 1. The van der Waals surface area contributed by atoms with Crippen molar-refractivity contribution in [3.63, 3.8) is 0 Å². The molecule has 0 aliphatic carbocycles. The smallest absolute Gasteiger partial charge is 0.407 e. The summed E-state index contributed by atoms with van der Waals surface area (Å²) >= 11 is 0. The minimum atomic E-state index is -0.368. The van der Waals surface area contributed by atoms with Crippen molar-refractivity contribution < 1.29 is 9.53 Å². The second-order valence-corrected chi connectivity index (χ2v) is 5.33. The van der Waals surface area contributed by atoms with Crippen LogP contribution in [0.15, 0.2) is 12.3 Å². The van der Waals surface area contributed by atoms with Crippen molar-refractivity contribution in [2.45, 2.75) is 32.9 Å². The highest BCUT2D eigenvalue weighted by atomic mass is 16.5. The fourth-order valence-corrected chi connectivity index (χ4v) is 2.62. The van der Waals surface area contributed by atoms with Crippen LogP contribution in [0.4, 0.5) is 10.6 Å². The maximum atomic E-state index is 11.2. The van der Waals surface area contributed by atoms with Gasteiger partial charge in [0, 0.05) is 25.8 Å². The number of carbonyl (C=O) groups excluding carboxylic acids is 1. The molecule has 1 atom stereocenters. The molecule has 21 heavy (non-hydrogen) atoms. The minimum Gasteiger partial charge on any atom is -0.453 e. The van der Waals surface area contributed by atoms with Gasteiger partial charge in [0.25, 0.3) is 0 Å². The van der Waals surface area contributed by atoms with Gasteiger partial charge >= 0.3 is 6.09 Å². The van der Waals surface area contributed by atoms with Gasteiger partial charge in [-0.15, -0.1) is 0 Å². The third-order valence-corrected chi connectivity index (χ3v) is 3.68. The van der Waals surface area contributed by atoms with E-state index in [2.05, 4.69) is 45.2 Å². The lowest BCUT2D eigenvalue weighted by Crippen LogP contribution is -2.37. The summed E-state index contributed by atoms with van der Waals surface area (Å²) in [6.07, 6.45) is 2.47. The SMILES string of the molecule is CCNCc1cnc(N2CCC(NC(=O)OC)C2)c(C)c1. The number of anilines is 1. The van der Waals surface area contributed by atoms with Crippen LogP contribution in [-0.4, -0.2) is 43.9 Å². The van der Waals surface area contributed by atoms with Crippen LogP contribution >= 0.6 is 0 Å². The molecule has 6 heteroatoms. The van der Waals surface area contributed by atoms with Gasteiger partial charge in [-0.05, 0) is 37.1 Å². The first-order valence-electron chi connectivity index (χ1n) is 7.39. The predicted molar refractivity (Wildman–Crippen MR) is 82.5 cm³/mol. The Morgan fingerprint density at radius 3 is 3.05 bits per heavy atom. The van der Waals surface area contributed by atoms with Crippen molar-refractivity contribution in [3.8, 4) is 0 Å². The molecule has 0 bridgehead atoms. The topological polar surface area (TPSA) is 66.5 Å². The van der Waals surface area contributed by atoms with E-state index < -0.39 is 0 Å². The van der Waals surface area contributed by atoms with Gasteiger partial charge in [0.05, 0.1) is 13.2 Å². The molecule has 6 nitrogen and oxygen atoms in total. The average molecular weight is 292 g/mol. The number of ether oxygens (including phenoxy) is 1. The van der Waals surface area contributed by atoms with Crippen LogP contribution in [0, 0.1) is 6.92 Å². The molecule has 0 spiro atoms. The molecule has 1 aromatic heterocycles. The van der Waals surface area contributed by atoms with Crippen molar-refractivity contribution in [1.82, 2.24) is 15.6 Å². The van der Waals surface area contributed by atoms with E-state index in [1.165, 1.54) is 18.2 Å². The Morgan fingerprint density at radius 2 is 2.38 bits per heavy atom. The van der Waals surface area contributed by atoms with Gasteiger partial charge in [0.2, 0.25) is 0 Å². The number of amides is 1. The van der Waals surface area contributed by atoms with E-state index >= 15 is 0 Å². The Bertz CT molecular complexity index is 493. The Kier molecular flexibility index (Phi) is 5.38. The van der Waals surface area contributed by atoms with Crippen LogP contribution in [0.3, 0.4) is 0 Å². The number of nitrogens with one attached hydrogen (secondary N) is 2. The fourth-order valence-electron chi connectivity index (χ4n) is 2.62. The minimum absolute atomic E-state index is 0.125. The first kappa shape index (κ1) is 15.6. The molecular formula is C15H24N4O2. The summed E-state index contributed by atoms with van der Waals surface area (Å²) in [5.41, 5.74) is 2.37. The molecule has 1 aromatic rings. The van der Waals surface area contributed by atoms with Crippen molar-refractivity contribution in [2.75, 3.05) is 31.6 Å². The van der Waals surface area contributed by atoms with Gasteiger partial charge in [-0.25, -0.2) is 9.78 Å². The summed E-state index contributed by atoms with van der Waals surface area (Å²) in [7, 11) is 1.39. The van der Waals surface area contributed by atoms with Crippen LogP contribution in [-0.2, 0) is 11.3 Å². The molecule has 116 valence electrons. The number of nitrogens with zero attached hydrogens (tertiary/aromatic N) is 2. The van der Waals surface area contributed by atoms with Crippen LogP contribution in [0.25, 0.3) is 0 Å². The largest absolute Gasteiger partial charge is 0.453 e. The highest BCUT2D eigenvalue weighted by Gasteiger charge is 2.25. The van der Waals surface area contributed by atoms with E-state index in [9.17, 15) is 4.79 Å². The number of hydrogen-bond donors (Lipinski definition) is 2. The zero-order valence-corrected chi connectivity index (χ0v) is 13.0. The van der Waals surface area contributed by atoms with E-state index in [4.69, 9.17) is 0 Å². The van der Waals surface area contributed by atoms with Crippen LogP contribution in [0.5, 0.6) is 0 Å². The van der Waals surface area contributed by atoms with Gasteiger partial charge in [0.1, 0.15) is 5.82 Å². The molecule has 1 aliphatic heterocycles. The zero-order valence-electron chi connectivity index (χ0n) is 13.0. The molecule has 1 unspecified atom stereocenters. The first-order valence-corrected chi connectivity index (χ1v) is 7.39. The summed E-state index contributed by atoms with van der Waals surface area (Å²) in [5, 5.41) is 6.15. The van der Waals surface area contributed by atoms with Crippen LogP contribution < -0.4 is 15.5 Å². The molecular weight excluding hydrogens is 268 g/mol. The molecule has 2 heterocycles. The second-order valence-electron chi connectivity index (χ2n) is 5.33. The molecule has 1 aliphatic rings. The molecule has 0 saturated carbocycles. The molecule has 1 fully saturated rings. The highest BCUT2D eigenvalue weighted by molar-refractivity contribution is 5.67. The molecule has 1 amide bonds. The zero-order chi connectivity index (χ0) is 15.2. The van der Waals surface area contributed by atoms with E-state index in [1.54, 1.807) is 0 Å². The normalized spacial score (nSPS) is 17.9. The van der Waals surface area contributed by atoms with E-state index in [-0.39, 0.29) is 12.1 Å². The molecule has 2 rings (SSSR count). The van der Waals surface area contributed by atoms with E-state index in [0.717, 1.165) is 38.4 Å². The Hall–Kier alpha value is -1.82. The summed E-state index contributed by atoms with van der Waals surface area (Å²) in [6, 6.07) is 2.30. The number of alkyl carbamates (subject to hydrolysis) is 1. The van der Waals surface area contributed by atoms with Crippen LogP contribution in [0.2, 0.25) is 0 Å². The Morgan fingerprint density at radius 1 is 1.57 bits per heavy atom. The fraction of sp³-hybridized carbons (Fsp3) is 0.600. The number of hydrogen-bond acceptors (Lipinski definition) is 5. The van der Waals surface area contributed by atoms with Gasteiger partial charge in [0.15, 0.2) is 0 Å². The Balaban J connectivity index is 1.98. The first-order chi connectivity index (χ1) is 10.1. The summed E-state index contributed by atoms with van der Waals surface area (Å²) in [5.74, 6) is 1.00. The van der Waals surface area contributed by atoms with Crippen molar-refractivity contribution >= 4 is 11.9 Å². The van der Waals surface area contributed by atoms with E-state index in [1.807, 2.05) is 6.20 Å². The van der Waals surface area contributed by atoms with Gasteiger partial charge in [-0.2, -0.15) is 0 Å². The van der Waals surface area contributed by atoms with Crippen molar-refractivity contribution in [2.24, 2.45) is 0 Å². The number of pyridine rings is 1. The number of carbonyl (C=O) groups is 1. The summed E-state index contributed by atoms with van der Waals surface area (Å²) < 4.78 is 4.64. The van der Waals surface area contributed by atoms with Crippen molar-refractivity contribution in [3.05, 3.63) is 23.4 Å². The molecule has 2 N–H and O–H groups in total. The Labute approximate surface area is 125 Å². The average Bonchev–Trinajstić information content (AvgIpc) is 2.93. The highest BCUT2D eigenvalue weighted by Crippen LogP contribution is 2.22. The quantitative estimate of drug-likeness (QED) is 0.859. The van der Waals surface area contributed by atoms with Crippen LogP contribution in [0.1, 0.15) is 24.5 Å². The maximum Gasteiger partial charge on any atom is 0.407 e. The number of aryl methyl sites for hydroxylation is 1. The lowest BCUT2D eigenvalue weighted by Gasteiger charge is -2.20. The van der Waals surface area contributed by atoms with Crippen molar-refractivity contribution in [1.29, 1.82) is 0 Å². The second kappa shape index (κ2) is 7.26. The van der Waals surface area contributed by atoms with Gasteiger partial charge < -0.3 is 20.3 Å². The third kappa shape index (κ3) is 4.07. The van der Waals surface area contributed by atoms with Gasteiger partial charge in [-0.1, -0.05) is 6.92 Å². The lowest BCUT2D eigenvalue weighted by molar-refractivity contribution is 0.167. The molecule has 0 radical (unpaired) electrons. The van der Waals surface area contributed by atoms with Gasteiger partial charge in [-0.3, -0.25) is 0 Å². The molecule has 1 saturated heterocycles. The standard InChI is InChI=1S/C15H24N4O2/c1-4-16-8-12-7-11(2)14(17-9-12)19-6-5-13(10-19)18-15(20)21-3/h7,9,13,16H,4-6,8,10H2,1-3H3,(H,18,20). The van der Waals surface area contributed by atoms with E-state index in [0.29, 0.717) is 0 Å². The summed E-state index contributed by atoms with van der Waals surface area (Å²) in [4.78, 5) is 18.1. The number of rotatable bonds is 5. The monoisotopic (exact) mass is 292 g/mol. The third-order valence-electron chi connectivity index (χ3n) is 3.68. The summed E-state index contributed by atoms with van der Waals surface area (Å²) in [6.45, 7) is 7.64. The lowest BCUT2D eigenvalue weighted by atomic mass is 10.2. The molecule has 0 aromatic carbocycles. The maximum absolute atomic E-state index is 11.2. The predicted octanol–water partition coefficient (Wildman–Crippen LogP) is 1.43. The number of methoxy groups -OCH3 is 1.